The number of para-hydroxylation sites is 1. The maximum Gasteiger partial charge on any atom is 0.211 e. The van der Waals surface area contributed by atoms with Gasteiger partial charge in [0.05, 0.1) is 5.69 Å². The van der Waals surface area contributed by atoms with Crippen LogP contribution in [0.1, 0.15) is 22.7 Å². The molecule has 1 unspecified atom stereocenters. The molecule has 1 aliphatic rings. The number of fused-ring (bicyclic) bond motifs is 1. The number of hydrogen-bond acceptors (Lipinski definition) is 9. The zero-order chi connectivity index (χ0) is 22.8. The standard InChI is InChI=1S/C21H14F2N8O/c22-13-6-5-10(7-14(13)23)32-15-4-2-1-3-11(15)18-16-17(26)12(8-24)19(27)30-20(16)31-21(29-18)28-9-25/h1-7,18H,(H6,26,27,28,29,30,31). The summed E-state index contributed by atoms with van der Waals surface area (Å²) in [6.45, 7) is 0. The second-order valence-corrected chi connectivity index (χ2v) is 6.62. The van der Waals surface area contributed by atoms with Crippen molar-refractivity contribution in [1.82, 2.24) is 10.3 Å². The number of nitrogen functional groups attached to an aromatic ring is 2. The summed E-state index contributed by atoms with van der Waals surface area (Å²) in [5, 5.41) is 23.7. The topological polar surface area (TPSA) is 158 Å². The molecule has 0 spiro atoms. The van der Waals surface area contributed by atoms with Crippen LogP contribution in [-0.4, -0.2) is 10.9 Å². The first-order valence-corrected chi connectivity index (χ1v) is 9.13. The first-order valence-electron chi connectivity index (χ1n) is 9.13. The van der Waals surface area contributed by atoms with E-state index in [1.807, 2.05) is 6.07 Å². The predicted molar refractivity (Wildman–Crippen MR) is 112 cm³/mol. The summed E-state index contributed by atoms with van der Waals surface area (Å²) in [6, 6.07) is 10.9. The van der Waals surface area contributed by atoms with Crippen LogP contribution in [0.25, 0.3) is 0 Å². The van der Waals surface area contributed by atoms with Gasteiger partial charge in [-0.25, -0.2) is 18.8 Å². The molecule has 0 radical (unpaired) electrons. The lowest BCUT2D eigenvalue weighted by atomic mass is 9.94. The minimum atomic E-state index is -1.06. The fourth-order valence-electron chi connectivity index (χ4n) is 3.27. The molecule has 1 aromatic heterocycles. The SMILES string of the molecule is N#CNC1=NC(c2ccccc2Oc2ccc(F)c(F)c2)c2c(nc(N)c(C#N)c2N)N1. The molecular formula is C21H14F2N8O. The molecule has 2 heterocycles. The van der Waals surface area contributed by atoms with E-state index in [-0.39, 0.29) is 40.3 Å². The fourth-order valence-corrected chi connectivity index (χ4v) is 3.27. The third-order valence-electron chi connectivity index (χ3n) is 4.69. The van der Waals surface area contributed by atoms with Crippen molar-refractivity contribution in [3.63, 3.8) is 0 Å². The molecule has 11 heteroatoms. The van der Waals surface area contributed by atoms with E-state index in [2.05, 4.69) is 20.6 Å². The molecule has 2 aromatic carbocycles. The Hall–Kier alpha value is -4.90. The van der Waals surface area contributed by atoms with Crippen molar-refractivity contribution in [2.45, 2.75) is 6.04 Å². The van der Waals surface area contributed by atoms with Crippen LogP contribution in [0, 0.1) is 34.4 Å². The van der Waals surface area contributed by atoms with Gasteiger partial charge in [0, 0.05) is 17.2 Å². The summed E-state index contributed by atoms with van der Waals surface area (Å²) >= 11 is 0. The minimum Gasteiger partial charge on any atom is -0.457 e. The lowest BCUT2D eigenvalue weighted by Gasteiger charge is -2.27. The van der Waals surface area contributed by atoms with Gasteiger partial charge in [0.15, 0.2) is 17.8 Å². The molecule has 158 valence electrons. The van der Waals surface area contributed by atoms with Crippen molar-refractivity contribution >= 4 is 23.3 Å². The van der Waals surface area contributed by atoms with Crippen LogP contribution >= 0.6 is 0 Å². The molecular weight excluding hydrogens is 418 g/mol. The average molecular weight is 432 g/mol. The van der Waals surface area contributed by atoms with Crippen LogP contribution in [0.3, 0.4) is 0 Å². The summed E-state index contributed by atoms with van der Waals surface area (Å²) in [4.78, 5) is 8.66. The second-order valence-electron chi connectivity index (χ2n) is 6.62. The molecule has 3 aromatic rings. The van der Waals surface area contributed by atoms with E-state index in [1.54, 1.807) is 30.5 Å². The number of aliphatic imine (C=N–C) groups is 1. The van der Waals surface area contributed by atoms with Crippen LogP contribution in [0.15, 0.2) is 47.5 Å². The monoisotopic (exact) mass is 432 g/mol. The molecule has 32 heavy (non-hydrogen) atoms. The Morgan fingerprint density at radius 1 is 1.09 bits per heavy atom. The largest absolute Gasteiger partial charge is 0.457 e. The van der Waals surface area contributed by atoms with Gasteiger partial charge in [0.1, 0.15) is 40.8 Å². The maximum atomic E-state index is 13.7. The van der Waals surface area contributed by atoms with E-state index >= 15 is 0 Å². The Morgan fingerprint density at radius 3 is 2.59 bits per heavy atom. The number of pyridine rings is 1. The lowest BCUT2D eigenvalue weighted by Crippen LogP contribution is -2.32. The van der Waals surface area contributed by atoms with Crippen molar-refractivity contribution in [2.75, 3.05) is 16.8 Å². The molecule has 0 bridgehead atoms. The highest BCUT2D eigenvalue weighted by Gasteiger charge is 2.31. The minimum absolute atomic E-state index is 0.0125. The summed E-state index contributed by atoms with van der Waals surface area (Å²) in [5.74, 6) is -1.54. The summed E-state index contributed by atoms with van der Waals surface area (Å²) in [6.07, 6.45) is 1.76. The normalized spacial score (nSPS) is 14.2. The molecule has 0 aliphatic carbocycles. The molecule has 0 saturated carbocycles. The van der Waals surface area contributed by atoms with Gasteiger partial charge < -0.3 is 21.5 Å². The number of nitrogens with one attached hydrogen (secondary N) is 2. The number of anilines is 3. The lowest BCUT2D eigenvalue weighted by molar-refractivity contribution is 0.455. The number of benzene rings is 2. The Balaban J connectivity index is 1.87. The number of nitrogens with zero attached hydrogens (tertiary/aromatic N) is 4. The first-order chi connectivity index (χ1) is 15.4. The van der Waals surface area contributed by atoms with Gasteiger partial charge in [-0.15, -0.1) is 0 Å². The molecule has 0 amide bonds. The van der Waals surface area contributed by atoms with Gasteiger partial charge in [0.25, 0.3) is 0 Å². The van der Waals surface area contributed by atoms with Crippen LogP contribution in [-0.2, 0) is 0 Å². The third-order valence-corrected chi connectivity index (χ3v) is 4.69. The molecule has 0 fully saturated rings. The van der Waals surface area contributed by atoms with Crippen LogP contribution < -0.4 is 26.8 Å². The molecule has 1 aliphatic heterocycles. The highest BCUT2D eigenvalue weighted by Crippen LogP contribution is 2.43. The zero-order valence-corrected chi connectivity index (χ0v) is 16.2. The van der Waals surface area contributed by atoms with Crippen molar-refractivity contribution < 1.29 is 13.5 Å². The number of guanidine groups is 1. The highest BCUT2D eigenvalue weighted by molar-refractivity contribution is 5.98. The number of ether oxygens (including phenoxy) is 1. The van der Waals surface area contributed by atoms with E-state index in [0.717, 1.165) is 12.1 Å². The molecule has 9 nitrogen and oxygen atoms in total. The van der Waals surface area contributed by atoms with E-state index in [4.69, 9.17) is 21.5 Å². The van der Waals surface area contributed by atoms with Crippen molar-refractivity contribution in [2.24, 2.45) is 4.99 Å². The summed E-state index contributed by atoms with van der Waals surface area (Å²) in [7, 11) is 0. The Labute approximate surface area is 180 Å². The number of nitriles is 2. The Morgan fingerprint density at radius 2 is 1.88 bits per heavy atom. The number of halogens is 2. The van der Waals surface area contributed by atoms with E-state index in [9.17, 15) is 14.0 Å². The first kappa shape index (κ1) is 20.4. The Kier molecular flexibility index (Phi) is 5.15. The van der Waals surface area contributed by atoms with Crippen LogP contribution in [0.5, 0.6) is 11.5 Å². The fraction of sp³-hybridized carbons (Fsp3) is 0.0476. The van der Waals surface area contributed by atoms with Crippen molar-refractivity contribution in [1.29, 1.82) is 10.5 Å². The highest BCUT2D eigenvalue weighted by atomic mass is 19.2. The van der Waals surface area contributed by atoms with Gasteiger partial charge in [-0.05, 0) is 18.2 Å². The number of hydrogen-bond donors (Lipinski definition) is 4. The zero-order valence-electron chi connectivity index (χ0n) is 16.2. The van der Waals surface area contributed by atoms with Gasteiger partial charge >= 0.3 is 0 Å². The van der Waals surface area contributed by atoms with Gasteiger partial charge in [-0.2, -0.15) is 10.5 Å². The van der Waals surface area contributed by atoms with Gasteiger partial charge in [0.2, 0.25) is 5.96 Å². The smallest absolute Gasteiger partial charge is 0.211 e. The van der Waals surface area contributed by atoms with E-state index in [0.29, 0.717) is 11.1 Å². The van der Waals surface area contributed by atoms with Crippen molar-refractivity contribution in [3.8, 4) is 23.8 Å². The third kappa shape index (κ3) is 3.55. The molecule has 0 saturated heterocycles. The van der Waals surface area contributed by atoms with Crippen molar-refractivity contribution in [3.05, 3.63) is 70.8 Å². The van der Waals surface area contributed by atoms with E-state index < -0.39 is 17.7 Å². The van der Waals surface area contributed by atoms with E-state index in [1.165, 1.54) is 6.07 Å². The molecule has 4 rings (SSSR count). The maximum absolute atomic E-state index is 13.7. The quantitative estimate of drug-likeness (QED) is 0.363. The number of nitrogens with two attached hydrogens (primary N) is 2. The van der Waals surface area contributed by atoms with Crippen LogP contribution in [0.4, 0.5) is 26.1 Å². The molecule has 6 N–H and O–H groups in total. The Bertz CT molecular complexity index is 1340. The van der Waals surface area contributed by atoms with Gasteiger partial charge in [-0.3, -0.25) is 5.32 Å². The summed E-state index contributed by atoms with van der Waals surface area (Å²) in [5.41, 5.74) is 13.0. The molecule has 1 atom stereocenters. The second kappa shape index (κ2) is 8.08. The predicted octanol–water partition coefficient (Wildman–Crippen LogP) is 3.13. The number of aromatic nitrogens is 1. The van der Waals surface area contributed by atoms with Crippen LogP contribution in [0.2, 0.25) is 0 Å². The van der Waals surface area contributed by atoms with Gasteiger partial charge in [-0.1, -0.05) is 18.2 Å². The summed E-state index contributed by atoms with van der Waals surface area (Å²) < 4.78 is 32.7. The number of rotatable bonds is 3. The average Bonchev–Trinajstić information content (AvgIpc) is 2.76.